The fourth-order valence-electron chi connectivity index (χ4n) is 2.08. The third kappa shape index (κ3) is 3.06. The summed E-state index contributed by atoms with van der Waals surface area (Å²) < 4.78 is 6.77. The van der Waals surface area contributed by atoms with E-state index in [1.54, 1.807) is 30.7 Å². The van der Waals surface area contributed by atoms with Crippen molar-refractivity contribution in [3.05, 3.63) is 39.7 Å². The van der Waals surface area contributed by atoms with Gasteiger partial charge in [-0.2, -0.15) is 0 Å². The highest BCUT2D eigenvalue weighted by Crippen LogP contribution is 2.25. The number of hydrogen-bond acceptors (Lipinski definition) is 6. The first-order chi connectivity index (χ1) is 10.1. The largest absolute Gasteiger partial charge is 0.388 e. The molecule has 0 atom stereocenters. The fourth-order valence-corrected chi connectivity index (χ4v) is 2.08. The number of rotatable bonds is 6. The van der Waals surface area contributed by atoms with E-state index in [1.165, 1.54) is 6.07 Å². The zero-order chi connectivity index (χ0) is 15.4. The number of nitro benzene ring substituents is 1. The lowest BCUT2D eigenvalue weighted by Gasteiger charge is -2.09. The van der Waals surface area contributed by atoms with Crippen LogP contribution >= 0.6 is 0 Å². The molecule has 1 aromatic heterocycles. The number of aryl methyl sites for hydroxylation is 1. The van der Waals surface area contributed by atoms with Crippen LogP contribution in [0.5, 0.6) is 0 Å². The summed E-state index contributed by atoms with van der Waals surface area (Å²) in [5.41, 5.74) is 1.31. The quantitative estimate of drug-likeness (QED) is 0.635. The van der Waals surface area contributed by atoms with Crippen LogP contribution in [0.25, 0.3) is 11.4 Å². The van der Waals surface area contributed by atoms with Crippen molar-refractivity contribution in [1.29, 1.82) is 0 Å². The molecule has 0 bridgehead atoms. The fraction of sp³-hybridized carbons (Fsp3) is 0.385. The minimum absolute atomic E-state index is 0.0593. The molecule has 0 unspecified atom stereocenters. The summed E-state index contributed by atoms with van der Waals surface area (Å²) in [5, 5.41) is 28.1. The highest BCUT2D eigenvalue weighted by molar-refractivity contribution is 5.60. The van der Waals surface area contributed by atoms with Crippen LogP contribution in [0.15, 0.2) is 18.2 Å². The molecule has 1 N–H and O–H groups in total. The number of nitrogens with zero attached hydrogens (tertiary/aromatic N) is 4. The Labute approximate surface area is 121 Å². The Bertz CT molecular complexity index is 654. The molecule has 8 heteroatoms. The van der Waals surface area contributed by atoms with Crippen molar-refractivity contribution in [1.82, 2.24) is 14.8 Å². The average molecular weight is 292 g/mol. The van der Waals surface area contributed by atoms with Gasteiger partial charge in [0.15, 0.2) is 11.6 Å². The van der Waals surface area contributed by atoms with E-state index in [1.807, 2.05) is 0 Å². The molecule has 1 aromatic carbocycles. The van der Waals surface area contributed by atoms with Gasteiger partial charge < -0.3 is 14.4 Å². The predicted octanol–water partition coefficient (Wildman–Crippen LogP) is 1.30. The zero-order valence-electron chi connectivity index (χ0n) is 11.8. The topological polar surface area (TPSA) is 103 Å². The number of hydrogen-bond donors (Lipinski definition) is 1. The van der Waals surface area contributed by atoms with Crippen molar-refractivity contribution >= 4 is 5.69 Å². The number of nitro groups is 1. The van der Waals surface area contributed by atoms with Gasteiger partial charge in [-0.05, 0) is 19.1 Å². The maximum atomic E-state index is 10.9. The molecule has 0 saturated heterocycles. The molecule has 0 amide bonds. The second kappa shape index (κ2) is 6.42. The van der Waals surface area contributed by atoms with Crippen molar-refractivity contribution in [2.45, 2.75) is 20.1 Å². The molecular formula is C13H16N4O4. The van der Waals surface area contributed by atoms with E-state index < -0.39 is 4.92 Å². The highest BCUT2D eigenvalue weighted by Gasteiger charge is 2.16. The van der Waals surface area contributed by atoms with E-state index in [0.29, 0.717) is 35.9 Å². The van der Waals surface area contributed by atoms with Gasteiger partial charge in [0, 0.05) is 30.8 Å². The molecule has 0 saturated carbocycles. The lowest BCUT2D eigenvalue weighted by atomic mass is 10.1. The Morgan fingerprint density at radius 3 is 2.76 bits per heavy atom. The smallest absolute Gasteiger partial charge is 0.272 e. The van der Waals surface area contributed by atoms with E-state index in [9.17, 15) is 15.2 Å². The van der Waals surface area contributed by atoms with E-state index >= 15 is 0 Å². The zero-order valence-corrected chi connectivity index (χ0v) is 11.8. The maximum absolute atomic E-state index is 10.9. The first-order valence-electron chi connectivity index (χ1n) is 6.35. The first-order valence-corrected chi connectivity index (χ1v) is 6.35. The van der Waals surface area contributed by atoms with Gasteiger partial charge in [0.25, 0.3) is 5.69 Å². The van der Waals surface area contributed by atoms with Crippen molar-refractivity contribution in [3.63, 3.8) is 0 Å². The Morgan fingerprint density at radius 1 is 1.43 bits per heavy atom. The van der Waals surface area contributed by atoms with Crippen molar-refractivity contribution in [2.75, 3.05) is 13.7 Å². The molecule has 0 spiro atoms. The Balaban J connectivity index is 2.44. The molecule has 0 aliphatic rings. The van der Waals surface area contributed by atoms with Gasteiger partial charge in [-0.25, -0.2) is 0 Å². The minimum atomic E-state index is -0.423. The molecule has 2 aromatic rings. The number of aliphatic hydroxyl groups is 1. The number of aliphatic hydroxyl groups excluding tert-OH is 1. The summed E-state index contributed by atoms with van der Waals surface area (Å²) in [6.07, 6.45) is 0. The third-order valence-corrected chi connectivity index (χ3v) is 3.14. The van der Waals surface area contributed by atoms with Crippen LogP contribution in [0.1, 0.15) is 11.4 Å². The van der Waals surface area contributed by atoms with Gasteiger partial charge in [0.05, 0.1) is 11.5 Å². The van der Waals surface area contributed by atoms with E-state index in [2.05, 4.69) is 10.2 Å². The molecular weight excluding hydrogens is 276 g/mol. The second-order valence-corrected chi connectivity index (χ2v) is 4.50. The summed E-state index contributed by atoms with van der Waals surface area (Å²) >= 11 is 0. The van der Waals surface area contributed by atoms with Crippen molar-refractivity contribution < 1.29 is 14.8 Å². The molecule has 21 heavy (non-hydrogen) atoms. The maximum Gasteiger partial charge on any atom is 0.272 e. The van der Waals surface area contributed by atoms with Crippen LogP contribution < -0.4 is 0 Å². The van der Waals surface area contributed by atoms with Crippen LogP contribution in [-0.2, 0) is 17.9 Å². The predicted molar refractivity (Wildman–Crippen MR) is 74.6 cm³/mol. The molecule has 0 aliphatic carbocycles. The summed E-state index contributed by atoms with van der Waals surface area (Å²) in [6, 6.07) is 4.75. The standard InChI is InChI=1S/C13H16N4O4/c1-9-7-10(3-4-11(9)17(19)20)13-15-14-12(8-18)16(13)5-6-21-2/h3-4,7,18H,5-6,8H2,1-2H3. The van der Waals surface area contributed by atoms with Crippen LogP contribution in [0.4, 0.5) is 5.69 Å². The van der Waals surface area contributed by atoms with Crippen LogP contribution in [0.2, 0.25) is 0 Å². The molecule has 2 rings (SSSR count). The van der Waals surface area contributed by atoms with Gasteiger partial charge in [0.2, 0.25) is 0 Å². The molecule has 0 radical (unpaired) electrons. The average Bonchev–Trinajstić information content (AvgIpc) is 2.87. The number of benzene rings is 1. The monoisotopic (exact) mass is 292 g/mol. The van der Waals surface area contributed by atoms with Gasteiger partial charge in [-0.3, -0.25) is 10.1 Å². The van der Waals surface area contributed by atoms with Crippen molar-refractivity contribution in [3.8, 4) is 11.4 Å². The van der Waals surface area contributed by atoms with Gasteiger partial charge in [-0.1, -0.05) is 0 Å². The number of aromatic nitrogens is 3. The number of methoxy groups -OCH3 is 1. The van der Waals surface area contributed by atoms with E-state index in [0.717, 1.165) is 0 Å². The minimum Gasteiger partial charge on any atom is -0.388 e. The summed E-state index contributed by atoms with van der Waals surface area (Å²) in [6.45, 7) is 2.38. The number of ether oxygens (including phenoxy) is 1. The van der Waals surface area contributed by atoms with Gasteiger partial charge >= 0.3 is 0 Å². The second-order valence-electron chi connectivity index (χ2n) is 4.50. The molecule has 112 valence electrons. The summed E-state index contributed by atoms with van der Waals surface area (Å²) in [7, 11) is 1.58. The van der Waals surface area contributed by atoms with Crippen LogP contribution in [-0.4, -0.2) is 38.5 Å². The third-order valence-electron chi connectivity index (χ3n) is 3.14. The summed E-state index contributed by atoms with van der Waals surface area (Å²) in [5.74, 6) is 0.979. The first kappa shape index (κ1) is 15.1. The molecule has 8 nitrogen and oxygen atoms in total. The lowest BCUT2D eigenvalue weighted by molar-refractivity contribution is -0.385. The summed E-state index contributed by atoms with van der Waals surface area (Å²) in [4.78, 5) is 10.4. The molecule has 0 fully saturated rings. The van der Waals surface area contributed by atoms with Gasteiger partial charge in [0.1, 0.15) is 6.61 Å². The Kier molecular flexibility index (Phi) is 4.61. The van der Waals surface area contributed by atoms with Gasteiger partial charge in [-0.15, -0.1) is 10.2 Å². The molecule has 0 aliphatic heterocycles. The Morgan fingerprint density at radius 2 is 2.19 bits per heavy atom. The van der Waals surface area contributed by atoms with Crippen molar-refractivity contribution in [2.24, 2.45) is 0 Å². The SMILES string of the molecule is COCCn1c(CO)nnc1-c1ccc([N+](=O)[O-])c(C)c1. The lowest BCUT2D eigenvalue weighted by Crippen LogP contribution is -2.10. The van der Waals surface area contributed by atoms with Crippen LogP contribution in [0.3, 0.4) is 0 Å². The van der Waals surface area contributed by atoms with E-state index in [4.69, 9.17) is 4.74 Å². The normalized spacial score (nSPS) is 10.8. The highest BCUT2D eigenvalue weighted by atomic mass is 16.6. The van der Waals surface area contributed by atoms with E-state index in [-0.39, 0.29) is 12.3 Å². The van der Waals surface area contributed by atoms with Crippen LogP contribution in [0, 0.1) is 17.0 Å². The Hall–Kier alpha value is -2.32. The molecule has 1 heterocycles.